The Morgan fingerprint density at radius 1 is 1.37 bits per heavy atom. The number of rotatable bonds is 8. The molecule has 0 aromatic heterocycles. The SMILES string of the molecule is CC(C)CN(C)CCCOc1ccccc1C(=O)O. The Labute approximate surface area is 115 Å². The van der Waals surface area contributed by atoms with Crippen LogP contribution in [-0.2, 0) is 0 Å². The van der Waals surface area contributed by atoms with Crippen LogP contribution in [0.2, 0.25) is 0 Å². The van der Waals surface area contributed by atoms with Gasteiger partial charge in [-0.2, -0.15) is 0 Å². The number of benzene rings is 1. The molecule has 19 heavy (non-hydrogen) atoms. The number of aromatic carboxylic acids is 1. The predicted octanol–water partition coefficient (Wildman–Crippen LogP) is 2.74. The maximum Gasteiger partial charge on any atom is 0.339 e. The first-order valence-electron chi connectivity index (χ1n) is 6.64. The summed E-state index contributed by atoms with van der Waals surface area (Å²) in [5, 5.41) is 9.02. The van der Waals surface area contributed by atoms with E-state index in [0.29, 0.717) is 18.3 Å². The molecule has 106 valence electrons. The smallest absolute Gasteiger partial charge is 0.339 e. The van der Waals surface area contributed by atoms with E-state index in [4.69, 9.17) is 9.84 Å². The molecule has 0 aliphatic heterocycles. The van der Waals surface area contributed by atoms with Crippen LogP contribution in [0.5, 0.6) is 5.75 Å². The van der Waals surface area contributed by atoms with E-state index in [0.717, 1.165) is 19.5 Å². The van der Waals surface area contributed by atoms with Gasteiger partial charge >= 0.3 is 5.97 Å². The molecule has 0 amide bonds. The van der Waals surface area contributed by atoms with Crippen LogP contribution in [0, 0.1) is 5.92 Å². The minimum Gasteiger partial charge on any atom is -0.493 e. The summed E-state index contributed by atoms with van der Waals surface area (Å²) in [6.45, 7) is 6.93. The highest BCUT2D eigenvalue weighted by atomic mass is 16.5. The zero-order chi connectivity index (χ0) is 14.3. The number of ether oxygens (including phenoxy) is 1. The first kappa shape index (κ1) is 15.5. The molecule has 0 saturated carbocycles. The highest BCUT2D eigenvalue weighted by molar-refractivity contribution is 5.90. The lowest BCUT2D eigenvalue weighted by atomic mass is 10.2. The van der Waals surface area contributed by atoms with Gasteiger partial charge in [0, 0.05) is 13.1 Å². The Bertz CT molecular complexity index is 404. The standard InChI is InChI=1S/C15H23NO3/c1-12(2)11-16(3)9-6-10-19-14-8-5-4-7-13(14)15(17)18/h4-5,7-8,12H,6,9-11H2,1-3H3,(H,17,18). The second-order valence-electron chi connectivity index (χ2n) is 5.16. The summed E-state index contributed by atoms with van der Waals surface area (Å²) >= 11 is 0. The molecule has 1 aromatic carbocycles. The molecular formula is C15H23NO3. The molecule has 0 heterocycles. The summed E-state index contributed by atoms with van der Waals surface area (Å²) in [4.78, 5) is 13.3. The molecule has 0 atom stereocenters. The number of nitrogens with zero attached hydrogens (tertiary/aromatic N) is 1. The maximum absolute atomic E-state index is 11.0. The van der Waals surface area contributed by atoms with Crippen LogP contribution in [0.4, 0.5) is 0 Å². The van der Waals surface area contributed by atoms with Gasteiger partial charge in [-0.25, -0.2) is 4.79 Å². The van der Waals surface area contributed by atoms with Gasteiger partial charge in [-0.05, 0) is 31.5 Å². The maximum atomic E-state index is 11.0. The van der Waals surface area contributed by atoms with Crippen LogP contribution in [0.3, 0.4) is 0 Å². The van der Waals surface area contributed by atoms with Crippen molar-refractivity contribution in [2.75, 3.05) is 26.7 Å². The van der Waals surface area contributed by atoms with Gasteiger partial charge in [-0.15, -0.1) is 0 Å². The van der Waals surface area contributed by atoms with E-state index in [9.17, 15) is 4.79 Å². The molecule has 0 radical (unpaired) electrons. The van der Waals surface area contributed by atoms with E-state index in [1.54, 1.807) is 24.3 Å². The van der Waals surface area contributed by atoms with Gasteiger partial charge in [0.15, 0.2) is 0 Å². The van der Waals surface area contributed by atoms with E-state index in [1.165, 1.54) is 0 Å². The van der Waals surface area contributed by atoms with Crippen molar-refractivity contribution in [2.45, 2.75) is 20.3 Å². The van der Waals surface area contributed by atoms with E-state index >= 15 is 0 Å². The van der Waals surface area contributed by atoms with Gasteiger partial charge < -0.3 is 14.7 Å². The fourth-order valence-electron chi connectivity index (χ4n) is 2.00. The van der Waals surface area contributed by atoms with Gasteiger partial charge in [-0.3, -0.25) is 0 Å². The largest absolute Gasteiger partial charge is 0.493 e. The minimum absolute atomic E-state index is 0.220. The van der Waals surface area contributed by atoms with E-state index in [-0.39, 0.29) is 5.56 Å². The van der Waals surface area contributed by atoms with Crippen molar-refractivity contribution < 1.29 is 14.6 Å². The molecule has 0 spiro atoms. The van der Waals surface area contributed by atoms with Gasteiger partial charge in [-0.1, -0.05) is 26.0 Å². The van der Waals surface area contributed by atoms with Crippen molar-refractivity contribution in [2.24, 2.45) is 5.92 Å². The van der Waals surface area contributed by atoms with E-state index < -0.39 is 5.97 Å². The molecule has 0 fully saturated rings. The summed E-state index contributed by atoms with van der Waals surface area (Å²) in [5.74, 6) is 0.146. The summed E-state index contributed by atoms with van der Waals surface area (Å²) < 4.78 is 5.55. The quantitative estimate of drug-likeness (QED) is 0.734. The molecule has 1 rings (SSSR count). The average Bonchev–Trinajstić information content (AvgIpc) is 2.34. The second kappa shape index (κ2) is 7.79. The third-order valence-corrected chi connectivity index (χ3v) is 2.74. The highest BCUT2D eigenvalue weighted by Gasteiger charge is 2.09. The lowest BCUT2D eigenvalue weighted by molar-refractivity contribution is 0.0692. The molecular weight excluding hydrogens is 242 g/mol. The molecule has 1 N–H and O–H groups in total. The van der Waals surface area contributed by atoms with Gasteiger partial charge in [0.05, 0.1) is 6.61 Å². The summed E-state index contributed by atoms with van der Waals surface area (Å²) in [7, 11) is 2.09. The van der Waals surface area contributed by atoms with Crippen molar-refractivity contribution in [3.05, 3.63) is 29.8 Å². The molecule has 4 heteroatoms. The highest BCUT2D eigenvalue weighted by Crippen LogP contribution is 2.17. The van der Waals surface area contributed by atoms with Crippen LogP contribution >= 0.6 is 0 Å². The Morgan fingerprint density at radius 3 is 2.68 bits per heavy atom. The summed E-state index contributed by atoms with van der Waals surface area (Å²) in [5.41, 5.74) is 0.220. The molecule has 0 unspecified atom stereocenters. The molecule has 0 bridgehead atoms. The normalized spacial score (nSPS) is 11.0. The minimum atomic E-state index is -0.951. The third kappa shape index (κ3) is 5.75. The number of hydrogen-bond acceptors (Lipinski definition) is 3. The third-order valence-electron chi connectivity index (χ3n) is 2.74. The first-order valence-corrected chi connectivity index (χ1v) is 6.64. The van der Waals surface area contributed by atoms with Gasteiger partial charge in [0.2, 0.25) is 0 Å². The molecule has 4 nitrogen and oxygen atoms in total. The summed E-state index contributed by atoms with van der Waals surface area (Å²) in [6, 6.07) is 6.74. The second-order valence-corrected chi connectivity index (χ2v) is 5.16. The van der Waals surface area contributed by atoms with Gasteiger partial charge in [0.1, 0.15) is 11.3 Å². The molecule has 0 saturated heterocycles. The number of carboxylic acids is 1. The Hall–Kier alpha value is -1.55. The van der Waals surface area contributed by atoms with Crippen molar-refractivity contribution >= 4 is 5.97 Å². The van der Waals surface area contributed by atoms with Crippen LogP contribution < -0.4 is 4.74 Å². The number of carbonyl (C=O) groups is 1. The fraction of sp³-hybridized carbons (Fsp3) is 0.533. The number of hydrogen-bond donors (Lipinski definition) is 1. The predicted molar refractivity (Wildman–Crippen MR) is 75.8 cm³/mol. The zero-order valence-corrected chi connectivity index (χ0v) is 11.9. The van der Waals surface area contributed by atoms with Crippen LogP contribution in [0.25, 0.3) is 0 Å². The van der Waals surface area contributed by atoms with Crippen molar-refractivity contribution in [1.82, 2.24) is 4.90 Å². The lowest BCUT2D eigenvalue weighted by Crippen LogP contribution is -2.25. The number of para-hydroxylation sites is 1. The van der Waals surface area contributed by atoms with Gasteiger partial charge in [0.25, 0.3) is 0 Å². The average molecular weight is 265 g/mol. The van der Waals surface area contributed by atoms with Crippen molar-refractivity contribution in [3.8, 4) is 5.75 Å². The Balaban J connectivity index is 2.35. The first-order chi connectivity index (χ1) is 9.00. The van der Waals surface area contributed by atoms with Crippen LogP contribution in [-0.4, -0.2) is 42.7 Å². The fourth-order valence-corrected chi connectivity index (χ4v) is 2.00. The zero-order valence-electron chi connectivity index (χ0n) is 11.9. The Morgan fingerprint density at radius 2 is 2.05 bits per heavy atom. The molecule has 0 aliphatic rings. The van der Waals surface area contributed by atoms with Crippen LogP contribution in [0.15, 0.2) is 24.3 Å². The lowest BCUT2D eigenvalue weighted by Gasteiger charge is -2.18. The van der Waals surface area contributed by atoms with E-state index in [1.807, 2.05) is 0 Å². The summed E-state index contributed by atoms with van der Waals surface area (Å²) in [6.07, 6.45) is 0.886. The Kier molecular flexibility index (Phi) is 6.36. The topological polar surface area (TPSA) is 49.8 Å². The monoisotopic (exact) mass is 265 g/mol. The van der Waals surface area contributed by atoms with Crippen molar-refractivity contribution in [3.63, 3.8) is 0 Å². The van der Waals surface area contributed by atoms with Crippen LogP contribution in [0.1, 0.15) is 30.6 Å². The molecule has 0 aliphatic carbocycles. The van der Waals surface area contributed by atoms with E-state index in [2.05, 4.69) is 25.8 Å². The number of carboxylic acid groups (broad SMARTS) is 1. The molecule has 1 aromatic rings. The van der Waals surface area contributed by atoms with Crippen molar-refractivity contribution in [1.29, 1.82) is 0 Å².